The third-order valence-electron chi connectivity index (χ3n) is 2.35. The monoisotopic (exact) mass is 258 g/mol. The molecule has 0 fully saturated rings. The maximum Gasteiger partial charge on any atom is 0.357 e. The maximum atomic E-state index is 11.5. The minimum atomic E-state index is -0.372. The fourth-order valence-corrected chi connectivity index (χ4v) is 2.13. The predicted octanol–water partition coefficient (Wildman–Crippen LogP) is 1.79. The molecule has 0 aliphatic carbocycles. The van der Waals surface area contributed by atoms with Gasteiger partial charge in [-0.25, -0.2) is 9.78 Å². The van der Waals surface area contributed by atoms with Crippen molar-refractivity contribution in [1.29, 1.82) is 0 Å². The number of ether oxygens (including phenoxy) is 2. The Hall–Kier alpha value is -1.14. The van der Waals surface area contributed by atoms with Gasteiger partial charge in [0.15, 0.2) is 10.8 Å². The van der Waals surface area contributed by atoms with Crippen molar-refractivity contribution in [2.75, 3.05) is 32.3 Å². The number of carbonyl (C=O) groups excluding carboxylic acids is 1. The van der Waals surface area contributed by atoms with Gasteiger partial charge in [-0.1, -0.05) is 0 Å². The average molecular weight is 258 g/mol. The first-order valence-electron chi connectivity index (χ1n) is 5.44. The lowest BCUT2D eigenvalue weighted by Gasteiger charge is -2.23. The summed E-state index contributed by atoms with van der Waals surface area (Å²) in [7, 11) is 3.59. The van der Waals surface area contributed by atoms with E-state index in [0.717, 1.165) is 5.13 Å². The highest BCUT2D eigenvalue weighted by Gasteiger charge is 2.16. The normalized spacial score (nSPS) is 12.2. The lowest BCUT2D eigenvalue weighted by atomic mass is 10.3. The number of thiazole rings is 1. The summed E-state index contributed by atoms with van der Waals surface area (Å²) in [6, 6.07) is 0.209. The molecule has 0 amide bonds. The molecule has 0 spiro atoms. The van der Waals surface area contributed by atoms with Crippen LogP contribution in [0.4, 0.5) is 5.13 Å². The van der Waals surface area contributed by atoms with Crippen LogP contribution >= 0.6 is 11.3 Å². The first kappa shape index (κ1) is 13.9. The van der Waals surface area contributed by atoms with Crippen LogP contribution < -0.4 is 4.90 Å². The first-order chi connectivity index (χ1) is 8.10. The number of anilines is 1. The number of hydrogen-bond acceptors (Lipinski definition) is 6. The molecule has 1 rings (SSSR count). The van der Waals surface area contributed by atoms with Crippen LogP contribution in [0, 0.1) is 0 Å². The molecule has 0 saturated heterocycles. The molecule has 1 heterocycles. The molecule has 17 heavy (non-hydrogen) atoms. The molecular formula is C11H18N2O3S. The fraction of sp³-hybridized carbons (Fsp3) is 0.636. The van der Waals surface area contributed by atoms with Gasteiger partial charge in [-0.05, 0) is 13.8 Å². The molecule has 0 aliphatic heterocycles. The van der Waals surface area contributed by atoms with Crippen molar-refractivity contribution < 1.29 is 14.3 Å². The van der Waals surface area contributed by atoms with Crippen LogP contribution in [0.3, 0.4) is 0 Å². The topological polar surface area (TPSA) is 51.7 Å². The molecule has 0 bridgehead atoms. The minimum Gasteiger partial charge on any atom is -0.461 e. The van der Waals surface area contributed by atoms with Gasteiger partial charge in [0.25, 0.3) is 0 Å². The van der Waals surface area contributed by atoms with E-state index >= 15 is 0 Å². The summed E-state index contributed by atoms with van der Waals surface area (Å²) < 4.78 is 9.97. The second kappa shape index (κ2) is 6.56. The number of methoxy groups -OCH3 is 1. The second-order valence-corrected chi connectivity index (χ2v) is 4.49. The molecule has 0 aliphatic rings. The molecule has 96 valence electrons. The zero-order chi connectivity index (χ0) is 12.8. The Labute approximate surface area is 105 Å². The number of nitrogens with zero attached hydrogens (tertiary/aromatic N) is 2. The Kier molecular flexibility index (Phi) is 5.37. The molecule has 0 saturated carbocycles. The third-order valence-corrected chi connectivity index (χ3v) is 3.28. The summed E-state index contributed by atoms with van der Waals surface area (Å²) in [5.74, 6) is -0.372. The van der Waals surface area contributed by atoms with Gasteiger partial charge >= 0.3 is 5.97 Å². The molecule has 5 nitrogen and oxygen atoms in total. The van der Waals surface area contributed by atoms with Crippen LogP contribution in [-0.2, 0) is 9.47 Å². The van der Waals surface area contributed by atoms with Crippen LogP contribution in [0.15, 0.2) is 5.38 Å². The summed E-state index contributed by atoms with van der Waals surface area (Å²) in [6.45, 7) is 4.79. The van der Waals surface area contributed by atoms with Crippen LogP contribution in [0.5, 0.6) is 0 Å². The third kappa shape index (κ3) is 3.67. The summed E-state index contributed by atoms with van der Waals surface area (Å²) in [4.78, 5) is 17.7. The molecule has 6 heteroatoms. The summed E-state index contributed by atoms with van der Waals surface area (Å²) in [5, 5.41) is 2.50. The fourth-order valence-electron chi connectivity index (χ4n) is 1.27. The van der Waals surface area contributed by atoms with E-state index in [0.29, 0.717) is 18.9 Å². The van der Waals surface area contributed by atoms with Gasteiger partial charge in [0.1, 0.15) is 0 Å². The van der Waals surface area contributed by atoms with Gasteiger partial charge in [0.05, 0.1) is 19.3 Å². The van der Waals surface area contributed by atoms with E-state index in [2.05, 4.69) is 4.98 Å². The van der Waals surface area contributed by atoms with E-state index in [1.807, 2.05) is 18.9 Å². The number of hydrogen-bond donors (Lipinski definition) is 0. The molecule has 1 aromatic heterocycles. The second-order valence-electron chi connectivity index (χ2n) is 3.65. The molecule has 0 aromatic carbocycles. The van der Waals surface area contributed by atoms with Crippen molar-refractivity contribution >= 4 is 22.4 Å². The zero-order valence-corrected chi connectivity index (χ0v) is 11.4. The highest BCUT2D eigenvalue weighted by molar-refractivity contribution is 7.13. The molecule has 0 N–H and O–H groups in total. The molecule has 1 unspecified atom stereocenters. The van der Waals surface area contributed by atoms with Crippen LogP contribution in [-0.4, -0.2) is 44.4 Å². The lowest BCUT2D eigenvalue weighted by molar-refractivity contribution is 0.0520. The minimum absolute atomic E-state index is 0.209. The van der Waals surface area contributed by atoms with Gasteiger partial charge in [-0.3, -0.25) is 0 Å². The summed E-state index contributed by atoms with van der Waals surface area (Å²) in [6.07, 6.45) is 0. The quantitative estimate of drug-likeness (QED) is 0.728. The van der Waals surface area contributed by atoms with E-state index < -0.39 is 0 Å². The largest absolute Gasteiger partial charge is 0.461 e. The molecule has 0 radical (unpaired) electrons. The zero-order valence-electron chi connectivity index (χ0n) is 10.6. The average Bonchev–Trinajstić information content (AvgIpc) is 2.78. The number of esters is 1. The van der Waals surface area contributed by atoms with Gasteiger partial charge in [-0.15, -0.1) is 11.3 Å². The van der Waals surface area contributed by atoms with Crippen molar-refractivity contribution in [3.05, 3.63) is 11.1 Å². The molecular weight excluding hydrogens is 240 g/mol. The van der Waals surface area contributed by atoms with Gasteiger partial charge < -0.3 is 14.4 Å². The van der Waals surface area contributed by atoms with Gasteiger partial charge in [0.2, 0.25) is 0 Å². The van der Waals surface area contributed by atoms with Crippen LogP contribution in [0.1, 0.15) is 24.3 Å². The summed E-state index contributed by atoms with van der Waals surface area (Å²) >= 11 is 1.42. The van der Waals surface area contributed by atoms with Gasteiger partial charge in [-0.2, -0.15) is 0 Å². The van der Waals surface area contributed by atoms with E-state index in [9.17, 15) is 4.79 Å². The maximum absolute atomic E-state index is 11.5. The number of carbonyl (C=O) groups is 1. The Bertz CT molecular complexity index is 367. The van der Waals surface area contributed by atoms with Crippen molar-refractivity contribution in [2.45, 2.75) is 19.9 Å². The van der Waals surface area contributed by atoms with Gasteiger partial charge in [0, 0.05) is 19.5 Å². The highest BCUT2D eigenvalue weighted by Crippen LogP contribution is 2.21. The van der Waals surface area contributed by atoms with E-state index in [1.54, 1.807) is 19.4 Å². The van der Waals surface area contributed by atoms with E-state index in [4.69, 9.17) is 9.47 Å². The number of rotatable bonds is 6. The van der Waals surface area contributed by atoms with Crippen LogP contribution in [0.2, 0.25) is 0 Å². The Morgan fingerprint density at radius 3 is 2.94 bits per heavy atom. The highest BCUT2D eigenvalue weighted by atomic mass is 32.1. The summed E-state index contributed by atoms with van der Waals surface area (Å²) in [5.41, 5.74) is 0.364. The van der Waals surface area contributed by atoms with E-state index in [1.165, 1.54) is 11.3 Å². The molecule has 1 aromatic rings. The lowest BCUT2D eigenvalue weighted by Crippen LogP contribution is -2.32. The van der Waals surface area contributed by atoms with E-state index in [-0.39, 0.29) is 12.0 Å². The number of aromatic nitrogens is 1. The Morgan fingerprint density at radius 2 is 2.35 bits per heavy atom. The Balaban J connectivity index is 2.70. The van der Waals surface area contributed by atoms with Crippen molar-refractivity contribution in [3.8, 4) is 0 Å². The van der Waals surface area contributed by atoms with Crippen molar-refractivity contribution in [3.63, 3.8) is 0 Å². The predicted molar refractivity (Wildman–Crippen MR) is 67.8 cm³/mol. The van der Waals surface area contributed by atoms with Crippen molar-refractivity contribution in [2.24, 2.45) is 0 Å². The van der Waals surface area contributed by atoms with Crippen molar-refractivity contribution in [1.82, 2.24) is 4.98 Å². The van der Waals surface area contributed by atoms with Crippen LogP contribution in [0.25, 0.3) is 0 Å². The Morgan fingerprint density at radius 1 is 1.65 bits per heavy atom. The standard InChI is InChI=1S/C11H18N2O3S/c1-5-16-10(14)9-7-17-11(12-9)13(3)8(2)6-15-4/h7-8H,5-6H2,1-4H3. The smallest absolute Gasteiger partial charge is 0.357 e. The number of likely N-dealkylation sites (N-methyl/N-ethyl adjacent to an activating group) is 1. The SMILES string of the molecule is CCOC(=O)c1csc(N(C)C(C)COC)n1. The molecule has 1 atom stereocenters. The first-order valence-corrected chi connectivity index (χ1v) is 6.32.